The molecule has 1 aromatic carbocycles. The molecule has 1 aliphatic carbocycles. The highest BCUT2D eigenvalue weighted by atomic mass is 35.5. The minimum absolute atomic E-state index is 0.164. The summed E-state index contributed by atoms with van der Waals surface area (Å²) in [5, 5.41) is 13.7. The lowest BCUT2D eigenvalue weighted by Crippen LogP contribution is -2.18. The van der Waals surface area contributed by atoms with E-state index in [4.69, 9.17) is 32.4 Å². The number of ether oxygens (including phenoxy) is 1. The lowest BCUT2D eigenvalue weighted by Gasteiger charge is -2.14. The zero-order valence-electron chi connectivity index (χ0n) is 19.1. The van der Waals surface area contributed by atoms with Gasteiger partial charge in [-0.1, -0.05) is 23.2 Å². The maximum atomic E-state index is 13.0. The van der Waals surface area contributed by atoms with Gasteiger partial charge in [-0.05, 0) is 75.4 Å². The number of halogens is 2. The number of aryl methyl sites for hydroxylation is 1. The quantitative estimate of drug-likeness (QED) is 0.205. The Balaban J connectivity index is 1.60. The van der Waals surface area contributed by atoms with E-state index in [-0.39, 0.29) is 11.7 Å². The van der Waals surface area contributed by atoms with Crippen molar-refractivity contribution in [3.8, 4) is 17.4 Å². The van der Waals surface area contributed by atoms with Gasteiger partial charge in [0, 0.05) is 21.5 Å². The number of amides is 1. The van der Waals surface area contributed by atoms with Crippen LogP contribution in [0.5, 0.6) is 0 Å². The molecule has 0 saturated heterocycles. The molecule has 1 aliphatic rings. The average Bonchev–Trinajstić information content (AvgIpc) is 3.41. The molecule has 1 amide bonds. The van der Waals surface area contributed by atoms with Crippen molar-refractivity contribution in [3.05, 3.63) is 67.7 Å². The number of nitrogens with one attached hydrogen (secondary N) is 1. The zero-order chi connectivity index (χ0) is 25.1. The number of rotatable bonds is 6. The molecule has 0 unspecified atom stereocenters. The first kappa shape index (κ1) is 25.1. The molecule has 0 bridgehead atoms. The minimum atomic E-state index is -0.632. The van der Waals surface area contributed by atoms with E-state index in [2.05, 4.69) is 5.32 Å². The van der Waals surface area contributed by atoms with E-state index in [1.165, 1.54) is 17.4 Å². The van der Waals surface area contributed by atoms with Crippen molar-refractivity contribution in [2.45, 2.75) is 45.6 Å². The van der Waals surface area contributed by atoms with Gasteiger partial charge < -0.3 is 14.5 Å². The number of esters is 1. The molecule has 0 aliphatic heterocycles. The Morgan fingerprint density at radius 2 is 1.97 bits per heavy atom. The Morgan fingerprint density at radius 3 is 2.69 bits per heavy atom. The van der Waals surface area contributed by atoms with E-state index in [0.29, 0.717) is 37.7 Å². The number of thiophene rings is 1. The molecule has 6 nitrogen and oxygen atoms in total. The van der Waals surface area contributed by atoms with Crippen LogP contribution in [-0.4, -0.2) is 18.0 Å². The number of hydrogen-bond acceptors (Lipinski definition) is 6. The molecule has 0 fully saturated rings. The van der Waals surface area contributed by atoms with E-state index >= 15 is 0 Å². The second-order valence-electron chi connectivity index (χ2n) is 8.32. The Kier molecular flexibility index (Phi) is 7.66. The van der Waals surface area contributed by atoms with Gasteiger partial charge in [0.2, 0.25) is 0 Å². The molecule has 0 atom stereocenters. The maximum Gasteiger partial charge on any atom is 0.341 e. The van der Waals surface area contributed by atoms with Gasteiger partial charge in [0.05, 0.1) is 16.7 Å². The molecule has 9 heteroatoms. The van der Waals surface area contributed by atoms with Crippen molar-refractivity contribution >= 4 is 57.5 Å². The Hall–Kier alpha value is -3.05. The van der Waals surface area contributed by atoms with Crippen LogP contribution in [0, 0.1) is 11.3 Å². The largest absolute Gasteiger partial charge is 0.459 e. The molecule has 35 heavy (non-hydrogen) atoms. The lowest BCUT2D eigenvalue weighted by molar-refractivity contribution is -0.112. The summed E-state index contributed by atoms with van der Waals surface area (Å²) in [6.07, 6.45) is 4.67. The second kappa shape index (κ2) is 10.7. The number of hydrogen-bond donors (Lipinski definition) is 1. The third kappa shape index (κ3) is 5.62. The fraction of sp³-hybridized carbons (Fsp3) is 0.269. The second-order valence-corrected chi connectivity index (χ2v) is 10.3. The first-order chi connectivity index (χ1) is 16.8. The maximum absolute atomic E-state index is 13.0. The number of furan rings is 1. The molecule has 2 heterocycles. The SMILES string of the molecule is CC(C)OC(=O)c1c(NC(=O)/C(C#N)=C/c2ccc(-c3ccc(Cl)cc3Cl)o2)sc2c1CCCC2. The summed E-state index contributed by atoms with van der Waals surface area (Å²) in [5.74, 6) is -0.317. The summed E-state index contributed by atoms with van der Waals surface area (Å²) in [5.41, 5.74) is 1.79. The van der Waals surface area contributed by atoms with Crippen LogP contribution in [0.25, 0.3) is 17.4 Å². The molecule has 0 radical (unpaired) electrons. The molecule has 0 spiro atoms. The Labute approximate surface area is 217 Å². The number of benzene rings is 1. The van der Waals surface area contributed by atoms with Crippen LogP contribution in [0.3, 0.4) is 0 Å². The van der Waals surface area contributed by atoms with Gasteiger partial charge in [0.25, 0.3) is 5.91 Å². The van der Waals surface area contributed by atoms with Crippen molar-refractivity contribution in [1.82, 2.24) is 0 Å². The van der Waals surface area contributed by atoms with Crippen molar-refractivity contribution in [2.75, 3.05) is 5.32 Å². The highest BCUT2D eigenvalue weighted by Crippen LogP contribution is 2.39. The average molecular weight is 529 g/mol. The number of carbonyl (C=O) groups excluding carboxylic acids is 2. The van der Waals surface area contributed by atoms with Gasteiger partial charge in [0.1, 0.15) is 28.2 Å². The van der Waals surface area contributed by atoms with Crippen LogP contribution < -0.4 is 5.32 Å². The topological polar surface area (TPSA) is 92.3 Å². The molecule has 0 saturated carbocycles. The van der Waals surface area contributed by atoms with Gasteiger partial charge in [0.15, 0.2) is 0 Å². The fourth-order valence-electron chi connectivity index (χ4n) is 3.87. The van der Waals surface area contributed by atoms with Crippen molar-refractivity contribution in [1.29, 1.82) is 5.26 Å². The van der Waals surface area contributed by atoms with Crippen molar-refractivity contribution < 1.29 is 18.7 Å². The summed E-state index contributed by atoms with van der Waals surface area (Å²) >= 11 is 13.6. The predicted octanol–water partition coefficient (Wildman–Crippen LogP) is 7.30. The van der Waals surface area contributed by atoms with Crippen LogP contribution >= 0.6 is 34.5 Å². The summed E-state index contributed by atoms with van der Waals surface area (Å²) in [7, 11) is 0. The highest BCUT2D eigenvalue weighted by Gasteiger charge is 2.28. The number of carbonyl (C=O) groups is 2. The van der Waals surface area contributed by atoms with E-state index in [1.807, 2.05) is 6.07 Å². The van der Waals surface area contributed by atoms with Gasteiger partial charge in [-0.3, -0.25) is 4.79 Å². The number of anilines is 1. The number of nitrogens with zero attached hydrogens (tertiary/aromatic N) is 1. The van der Waals surface area contributed by atoms with Crippen LogP contribution in [0.15, 0.2) is 40.3 Å². The Bertz CT molecular complexity index is 1360. The molecule has 2 aromatic heterocycles. The van der Waals surface area contributed by atoms with Gasteiger partial charge in [-0.2, -0.15) is 5.26 Å². The van der Waals surface area contributed by atoms with Crippen LogP contribution in [-0.2, 0) is 22.4 Å². The van der Waals surface area contributed by atoms with Crippen LogP contribution in [0.4, 0.5) is 5.00 Å². The summed E-state index contributed by atoms with van der Waals surface area (Å²) < 4.78 is 11.2. The van der Waals surface area contributed by atoms with Crippen molar-refractivity contribution in [3.63, 3.8) is 0 Å². The normalized spacial score (nSPS) is 13.3. The smallest absolute Gasteiger partial charge is 0.341 e. The fourth-order valence-corrected chi connectivity index (χ4v) is 5.64. The summed E-state index contributed by atoms with van der Waals surface area (Å²) in [6.45, 7) is 3.56. The van der Waals surface area contributed by atoms with Gasteiger partial charge in [-0.25, -0.2) is 4.79 Å². The molecule has 180 valence electrons. The summed E-state index contributed by atoms with van der Waals surface area (Å²) in [6, 6.07) is 10.3. The minimum Gasteiger partial charge on any atom is -0.459 e. The standard InChI is InChI=1S/C26H22Cl2N2O4S/c1-14(2)33-26(32)23-19-5-3-4-6-22(19)35-25(23)30-24(31)15(13-29)11-17-8-10-21(34-17)18-9-7-16(27)12-20(18)28/h7-12,14H,3-6H2,1-2H3,(H,30,31)/b15-11+. The monoisotopic (exact) mass is 528 g/mol. The van der Waals surface area contributed by atoms with Gasteiger partial charge >= 0.3 is 5.97 Å². The predicted molar refractivity (Wildman–Crippen MR) is 138 cm³/mol. The lowest BCUT2D eigenvalue weighted by atomic mass is 9.95. The van der Waals surface area contributed by atoms with E-state index in [9.17, 15) is 14.9 Å². The molecular formula is C26H22Cl2N2O4S. The first-order valence-corrected chi connectivity index (χ1v) is 12.7. The third-order valence-electron chi connectivity index (χ3n) is 5.42. The van der Waals surface area contributed by atoms with Gasteiger partial charge in [-0.15, -0.1) is 11.3 Å². The third-order valence-corrected chi connectivity index (χ3v) is 7.18. The van der Waals surface area contributed by atoms with Crippen molar-refractivity contribution in [2.24, 2.45) is 0 Å². The number of nitriles is 1. The number of fused-ring (bicyclic) bond motifs is 1. The molecule has 3 aromatic rings. The van der Waals surface area contributed by atoms with Crippen LogP contribution in [0.1, 0.15) is 53.2 Å². The molecule has 4 rings (SSSR count). The Morgan fingerprint density at radius 1 is 1.20 bits per heavy atom. The van der Waals surface area contributed by atoms with E-state index < -0.39 is 11.9 Å². The first-order valence-electron chi connectivity index (χ1n) is 11.1. The summed E-state index contributed by atoms with van der Waals surface area (Å²) in [4.78, 5) is 26.9. The van der Waals surface area contributed by atoms with E-state index in [0.717, 1.165) is 36.1 Å². The van der Waals surface area contributed by atoms with E-state index in [1.54, 1.807) is 44.2 Å². The molecular weight excluding hydrogens is 507 g/mol. The van der Waals surface area contributed by atoms with Crippen LogP contribution in [0.2, 0.25) is 10.0 Å². The zero-order valence-corrected chi connectivity index (χ0v) is 21.4. The molecule has 1 N–H and O–H groups in total. The highest BCUT2D eigenvalue weighted by molar-refractivity contribution is 7.17.